The van der Waals surface area contributed by atoms with E-state index in [9.17, 15) is 14.9 Å². The highest BCUT2D eigenvalue weighted by Gasteiger charge is 2.44. The topological polar surface area (TPSA) is 146 Å². The smallest absolute Gasteiger partial charge is 0.320 e. The number of fused-ring (bicyclic) bond motifs is 1. The number of nitrogens with two attached hydrogens (primary N) is 1. The molecule has 2 N–H and O–H groups in total. The van der Waals surface area contributed by atoms with Crippen LogP contribution in [-0.4, -0.2) is 77.7 Å². The van der Waals surface area contributed by atoms with Crippen LogP contribution in [0.1, 0.15) is 51.0 Å². The number of rotatable bonds is 6. The quantitative estimate of drug-likeness (QED) is 0.439. The highest BCUT2D eigenvalue weighted by Crippen LogP contribution is 2.43. The van der Waals surface area contributed by atoms with Gasteiger partial charge in [-0.1, -0.05) is 18.5 Å². The summed E-state index contributed by atoms with van der Waals surface area (Å²) in [7, 11) is 4.77. The standard InChI is InChI=1S/C25H28ClN9O3S/c1-25(16-11-39-20(28)14(16)8-27)12-34(13-25)22-15(10-36)21(29-24(30-22)38-4)33-6-5-7-35-17(9-33)18(26)19(31-35)23(37)32(2)3/h10-11H,5-7,9,12-13,28H2,1-4H3. The summed E-state index contributed by atoms with van der Waals surface area (Å²) in [4.78, 5) is 39.6. The number of ether oxygens (including phenoxy) is 1. The van der Waals surface area contributed by atoms with Crippen LogP contribution in [0.5, 0.6) is 6.01 Å². The molecule has 3 aromatic heterocycles. The fourth-order valence-electron chi connectivity index (χ4n) is 5.17. The molecule has 5 heterocycles. The number of carbonyl (C=O) groups excluding carboxylic acids is 2. The van der Waals surface area contributed by atoms with Crippen molar-refractivity contribution in [3.63, 3.8) is 0 Å². The van der Waals surface area contributed by atoms with E-state index in [-0.39, 0.29) is 28.0 Å². The summed E-state index contributed by atoms with van der Waals surface area (Å²) >= 11 is 8.00. The van der Waals surface area contributed by atoms with Crippen molar-refractivity contribution in [2.75, 3.05) is 56.4 Å². The Labute approximate surface area is 234 Å². The van der Waals surface area contributed by atoms with Gasteiger partial charge in [0, 0.05) is 45.7 Å². The second kappa shape index (κ2) is 10.0. The largest absolute Gasteiger partial charge is 0.467 e. The Morgan fingerprint density at radius 1 is 1.28 bits per heavy atom. The molecule has 0 unspecified atom stereocenters. The molecule has 3 aromatic rings. The third kappa shape index (κ3) is 4.43. The Morgan fingerprint density at radius 2 is 1.97 bits per heavy atom. The lowest BCUT2D eigenvalue weighted by atomic mass is 9.75. The summed E-state index contributed by atoms with van der Waals surface area (Å²) in [6.07, 6.45) is 1.45. The van der Waals surface area contributed by atoms with Crippen molar-refractivity contribution in [3.8, 4) is 12.1 Å². The Bertz CT molecular complexity index is 1500. The average molecular weight is 570 g/mol. The number of halogens is 1. The van der Waals surface area contributed by atoms with Gasteiger partial charge in [-0.05, 0) is 17.4 Å². The summed E-state index contributed by atoms with van der Waals surface area (Å²) < 4.78 is 7.17. The zero-order valence-electron chi connectivity index (χ0n) is 22.1. The van der Waals surface area contributed by atoms with Gasteiger partial charge in [0.25, 0.3) is 5.91 Å². The first-order valence-corrected chi connectivity index (χ1v) is 13.5. The number of nitrogen functional groups attached to an aromatic ring is 1. The SMILES string of the molecule is COc1nc(N2CCCn3nc(C(=O)N(C)C)c(Cl)c3C2)c(C=O)c(N2CC(C)(c3csc(N)c3C#N)C2)n1. The molecular formula is C25H28ClN9O3S. The molecule has 0 spiro atoms. The molecule has 1 fully saturated rings. The minimum absolute atomic E-state index is 0.129. The molecule has 0 aliphatic carbocycles. The summed E-state index contributed by atoms with van der Waals surface area (Å²) in [5, 5.41) is 16.8. The van der Waals surface area contributed by atoms with Gasteiger partial charge in [0.1, 0.15) is 22.7 Å². The zero-order chi connectivity index (χ0) is 28.1. The molecule has 0 atom stereocenters. The molecule has 0 bridgehead atoms. The lowest BCUT2D eigenvalue weighted by Gasteiger charge is -2.49. The normalized spacial score (nSPS) is 16.1. The zero-order valence-corrected chi connectivity index (χ0v) is 23.6. The maximum absolute atomic E-state index is 12.6. The molecule has 1 saturated heterocycles. The molecule has 2 aliphatic heterocycles. The van der Waals surface area contributed by atoms with Gasteiger partial charge in [-0.25, -0.2) is 0 Å². The maximum atomic E-state index is 12.6. The Balaban J connectivity index is 1.49. The predicted molar refractivity (Wildman–Crippen MR) is 148 cm³/mol. The van der Waals surface area contributed by atoms with E-state index in [1.54, 1.807) is 18.8 Å². The van der Waals surface area contributed by atoms with Crippen LogP contribution >= 0.6 is 22.9 Å². The Morgan fingerprint density at radius 3 is 2.59 bits per heavy atom. The summed E-state index contributed by atoms with van der Waals surface area (Å²) in [6, 6.07) is 2.34. The third-order valence-corrected chi connectivity index (χ3v) is 8.40. The average Bonchev–Trinajstić information content (AvgIpc) is 3.34. The number of aryl methyl sites for hydroxylation is 1. The van der Waals surface area contributed by atoms with Gasteiger partial charge in [0.15, 0.2) is 12.0 Å². The van der Waals surface area contributed by atoms with Crippen molar-refractivity contribution in [2.45, 2.75) is 31.8 Å². The summed E-state index contributed by atoms with van der Waals surface area (Å²) in [5.41, 5.74) is 8.28. The number of aldehydes is 1. The first-order chi connectivity index (χ1) is 18.6. The fourth-order valence-corrected chi connectivity index (χ4v) is 6.36. The molecule has 39 heavy (non-hydrogen) atoms. The molecule has 14 heteroatoms. The van der Waals surface area contributed by atoms with Crippen LogP contribution in [0.2, 0.25) is 5.02 Å². The van der Waals surface area contributed by atoms with Gasteiger partial charge in [-0.2, -0.15) is 20.3 Å². The summed E-state index contributed by atoms with van der Waals surface area (Å²) in [5.74, 6) is 0.599. The van der Waals surface area contributed by atoms with Crippen molar-refractivity contribution in [1.29, 1.82) is 5.26 Å². The molecule has 1 amide bonds. The van der Waals surface area contributed by atoms with E-state index in [1.165, 1.54) is 23.3 Å². The van der Waals surface area contributed by atoms with Crippen LogP contribution in [0.3, 0.4) is 0 Å². The van der Waals surface area contributed by atoms with Crippen LogP contribution in [0.15, 0.2) is 5.38 Å². The number of methoxy groups -OCH3 is 1. The molecule has 0 aromatic carbocycles. The van der Waals surface area contributed by atoms with Crippen LogP contribution in [0, 0.1) is 11.3 Å². The summed E-state index contributed by atoms with van der Waals surface area (Å²) in [6.45, 7) is 4.57. The van der Waals surface area contributed by atoms with Crippen LogP contribution < -0.4 is 20.3 Å². The second-order valence-corrected chi connectivity index (χ2v) is 11.4. The number of nitrogens with zero attached hydrogens (tertiary/aromatic N) is 8. The monoisotopic (exact) mass is 569 g/mol. The molecule has 0 radical (unpaired) electrons. The van der Waals surface area contributed by atoms with E-state index in [2.05, 4.69) is 28.1 Å². The molecular weight excluding hydrogens is 542 g/mol. The minimum Gasteiger partial charge on any atom is -0.467 e. The first kappa shape index (κ1) is 26.7. The van der Waals surface area contributed by atoms with E-state index < -0.39 is 0 Å². The lowest BCUT2D eigenvalue weighted by Crippen LogP contribution is -2.58. The van der Waals surface area contributed by atoms with E-state index >= 15 is 0 Å². The van der Waals surface area contributed by atoms with Crippen molar-refractivity contribution in [1.82, 2.24) is 24.6 Å². The number of amides is 1. The van der Waals surface area contributed by atoms with Crippen molar-refractivity contribution >= 4 is 51.8 Å². The van der Waals surface area contributed by atoms with Crippen LogP contribution in [0.25, 0.3) is 0 Å². The molecule has 204 valence electrons. The molecule has 0 saturated carbocycles. The van der Waals surface area contributed by atoms with Crippen LogP contribution in [-0.2, 0) is 18.5 Å². The molecule has 5 rings (SSSR count). The lowest BCUT2D eigenvalue weighted by molar-refractivity contribution is 0.0821. The fraction of sp³-hybridized carbons (Fsp3) is 0.440. The predicted octanol–water partition coefficient (Wildman–Crippen LogP) is 2.55. The number of hydrogen-bond acceptors (Lipinski definition) is 11. The number of hydrogen-bond donors (Lipinski definition) is 1. The number of nitriles is 1. The first-order valence-electron chi connectivity index (χ1n) is 12.3. The Kier molecular flexibility index (Phi) is 6.86. The van der Waals surface area contributed by atoms with Crippen molar-refractivity contribution < 1.29 is 14.3 Å². The van der Waals surface area contributed by atoms with E-state index in [4.69, 9.17) is 22.1 Å². The van der Waals surface area contributed by atoms with E-state index in [0.29, 0.717) is 72.6 Å². The van der Waals surface area contributed by atoms with Gasteiger partial charge in [-0.15, -0.1) is 11.3 Å². The number of anilines is 3. The Hall–Kier alpha value is -3.89. The number of aromatic nitrogens is 4. The highest BCUT2D eigenvalue weighted by atomic mass is 35.5. The van der Waals surface area contributed by atoms with E-state index in [0.717, 1.165) is 11.8 Å². The van der Waals surface area contributed by atoms with Crippen LogP contribution in [0.4, 0.5) is 16.6 Å². The van der Waals surface area contributed by atoms with Crippen molar-refractivity contribution in [3.05, 3.63) is 38.5 Å². The molecule has 12 nitrogen and oxygen atoms in total. The number of carbonyl (C=O) groups is 2. The third-order valence-electron chi connectivity index (χ3n) is 7.19. The van der Waals surface area contributed by atoms with Crippen molar-refractivity contribution in [2.24, 2.45) is 0 Å². The minimum atomic E-state index is -0.324. The van der Waals surface area contributed by atoms with Gasteiger partial charge in [0.2, 0.25) is 0 Å². The van der Waals surface area contributed by atoms with Gasteiger partial charge < -0.3 is 25.2 Å². The number of thiophene rings is 1. The van der Waals surface area contributed by atoms with E-state index in [1.807, 2.05) is 15.2 Å². The maximum Gasteiger partial charge on any atom is 0.320 e. The van der Waals surface area contributed by atoms with Gasteiger partial charge >= 0.3 is 6.01 Å². The highest BCUT2D eigenvalue weighted by molar-refractivity contribution is 7.14. The van der Waals surface area contributed by atoms with Gasteiger partial charge in [0.05, 0.1) is 35.5 Å². The second-order valence-electron chi connectivity index (χ2n) is 10.1. The molecule has 2 aliphatic rings. The van der Waals surface area contributed by atoms with Gasteiger partial charge in [-0.3, -0.25) is 14.3 Å².